The Morgan fingerprint density at radius 3 is 2.57 bits per heavy atom. The summed E-state index contributed by atoms with van der Waals surface area (Å²) in [5.41, 5.74) is 3.04. The Balaban J connectivity index is 1.84. The molecule has 0 spiro atoms. The van der Waals surface area contributed by atoms with E-state index in [1.807, 2.05) is 62.4 Å². The third-order valence-electron chi connectivity index (χ3n) is 3.25. The number of aryl methyl sites for hydroxylation is 1. The maximum absolute atomic E-state index is 11.9. The molecule has 0 aliphatic carbocycles. The van der Waals surface area contributed by atoms with Gasteiger partial charge in [-0.25, -0.2) is 0 Å². The van der Waals surface area contributed by atoms with Crippen LogP contribution in [0.15, 0.2) is 48.5 Å². The lowest BCUT2D eigenvalue weighted by Gasteiger charge is -2.14. The molecule has 0 saturated heterocycles. The summed E-state index contributed by atoms with van der Waals surface area (Å²) in [6.07, 6.45) is 0. The number of nitrogens with one attached hydrogen (secondary N) is 2. The van der Waals surface area contributed by atoms with Gasteiger partial charge in [-0.15, -0.1) is 0 Å². The first-order valence-electron chi connectivity index (χ1n) is 6.90. The smallest absolute Gasteiger partial charge is 0.238 e. The molecule has 1 amide bonds. The topological polar surface area (TPSA) is 41.1 Å². The first kappa shape index (κ1) is 15.5. The van der Waals surface area contributed by atoms with E-state index in [1.165, 1.54) is 5.56 Å². The largest absolute Gasteiger partial charge is 0.325 e. The monoisotopic (exact) mass is 302 g/mol. The Morgan fingerprint density at radius 1 is 1.19 bits per heavy atom. The SMILES string of the molecule is Cc1ccc(NC(=O)CN[C@@H](C)c2cccc(Cl)c2)cc1. The van der Waals surface area contributed by atoms with E-state index in [0.29, 0.717) is 5.02 Å². The predicted molar refractivity (Wildman–Crippen MR) is 87.7 cm³/mol. The summed E-state index contributed by atoms with van der Waals surface area (Å²) in [5, 5.41) is 6.75. The summed E-state index contributed by atoms with van der Waals surface area (Å²) >= 11 is 5.96. The molecular formula is C17H19ClN2O. The maximum atomic E-state index is 11.9. The quantitative estimate of drug-likeness (QED) is 0.878. The van der Waals surface area contributed by atoms with Gasteiger partial charge in [0.15, 0.2) is 0 Å². The molecule has 0 aliphatic heterocycles. The molecule has 4 heteroatoms. The highest BCUT2D eigenvalue weighted by molar-refractivity contribution is 6.30. The molecule has 0 unspecified atom stereocenters. The lowest BCUT2D eigenvalue weighted by atomic mass is 10.1. The molecule has 2 rings (SSSR count). The van der Waals surface area contributed by atoms with Gasteiger partial charge >= 0.3 is 0 Å². The van der Waals surface area contributed by atoms with E-state index in [9.17, 15) is 4.79 Å². The van der Waals surface area contributed by atoms with Gasteiger partial charge in [0.2, 0.25) is 5.91 Å². The number of carbonyl (C=O) groups excluding carboxylic acids is 1. The molecule has 0 saturated carbocycles. The maximum Gasteiger partial charge on any atom is 0.238 e. The van der Waals surface area contributed by atoms with Crippen molar-refractivity contribution in [1.82, 2.24) is 5.32 Å². The molecule has 0 aliphatic rings. The van der Waals surface area contributed by atoms with Crippen LogP contribution in [0.4, 0.5) is 5.69 Å². The number of anilines is 1. The number of benzene rings is 2. The standard InChI is InChI=1S/C17H19ClN2O/c1-12-6-8-16(9-7-12)20-17(21)11-19-13(2)14-4-3-5-15(18)10-14/h3-10,13,19H,11H2,1-2H3,(H,20,21)/t13-/m0/s1. The molecule has 2 N–H and O–H groups in total. The van der Waals surface area contributed by atoms with Gasteiger partial charge < -0.3 is 10.6 Å². The van der Waals surface area contributed by atoms with Crippen molar-refractivity contribution in [1.29, 1.82) is 0 Å². The second kappa shape index (κ2) is 7.25. The van der Waals surface area contributed by atoms with E-state index in [-0.39, 0.29) is 18.5 Å². The fraction of sp³-hybridized carbons (Fsp3) is 0.235. The molecule has 2 aromatic carbocycles. The first-order valence-corrected chi connectivity index (χ1v) is 7.28. The Bertz CT molecular complexity index is 610. The first-order chi connectivity index (χ1) is 10.0. The summed E-state index contributed by atoms with van der Waals surface area (Å²) in [5.74, 6) is -0.0623. The van der Waals surface area contributed by atoms with Crippen molar-refractivity contribution in [3.63, 3.8) is 0 Å². The molecule has 2 aromatic rings. The van der Waals surface area contributed by atoms with Crippen molar-refractivity contribution in [3.05, 3.63) is 64.7 Å². The van der Waals surface area contributed by atoms with E-state index in [4.69, 9.17) is 11.6 Å². The van der Waals surface area contributed by atoms with E-state index >= 15 is 0 Å². The van der Waals surface area contributed by atoms with Gasteiger partial charge in [-0.05, 0) is 43.7 Å². The third-order valence-corrected chi connectivity index (χ3v) is 3.49. The molecule has 0 aromatic heterocycles. The highest BCUT2D eigenvalue weighted by atomic mass is 35.5. The summed E-state index contributed by atoms with van der Waals surface area (Å²) in [6.45, 7) is 4.27. The fourth-order valence-electron chi connectivity index (χ4n) is 1.98. The van der Waals surface area contributed by atoms with Gasteiger partial charge in [0.25, 0.3) is 0 Å². The van der Waals surface area contributed by atoms with Gasteiger partial charge in [0.1, 0.15) is 0 Å². The molecule has 0 bridgehead atoms. The average molecular weight is 303 g/mol. The van der Waals surface area contributed by atoms with Crippen LogP contribution >= 0.6 is 11.6 Å². The van der Waals surface area contributed by atoms with Crippen LogP contribution < -0.4 is 10.6 Å². The zero-order valence-corrected chi connectivity index (χ0v) is 12.9. The number of hydrogen-bond donors (Lipinski definition) is 2. The fourth-order valence-corrected chi connectivity index (χ4v) is 2.18. The van der Waals surface area contributed by atoms with Crippen molar-refractivity contribution < 1.29 is 4.79 Å². The van der Waals surface area contributed by atoms with Crippen LogP contribution in [-0.4, -0.2) is 12.5 Å². The normalized spacial score (nSPS) is 12.0. The second-order valence-electron chi connectivity index (χ2n) is 5.07. The van der Waals surface area contributed by atoms with Crippen molar-refractivity contribution >= 4 is 23.2 Å². The minimum atomic E-state index is -0.0623. The van der Waals surface area contributed by atoms with Gasteiger partial charge in [-0.3, -0.25) is 4.79 Å². The molecular weight excluding hydrogens is 284 g/mol. The van der Waals surface area contributed by atoms with Crippen LogP contribution in [0.3, 0.4) is 0 Å². The summed E-state index contributed by atoms with van der Waals surface area (Å²) in [4.78, 5) is 11.9. The van der Waals surface area contributed by atoms with Crippen LogP contribution in [0.25, 0.3) is 0 Å². The van der Waals surface area contributed by atoms with Crippen molar-refractivity contribution in [3.8, 4) is 0 Å². The van der Waals surface area contributed by atoms with Gasteiger partial charge in [0, 0.05) is 16.8 Å². The van der Waals surface area contributed by atoms with E-state index in [0.717, 1.165) is 11.3 Å². The predicted octanol–water partition coefficient (Wildman–Crippen LogP) is 3.94. The minimum Gasteiger partial charge on any atom is -0.325 e. The van der Waals surface area contributed by atoms with Crippen LogP contribution in [-0.2, 0) is 4.79 Å². The number of carbonyl (C=O) groups is 1. The van der Waals surface area contributed by atoms with Crippen molar-refractivity contribution in [2.75, 3.05) is 11.9 Å². The molecule has 0 heterocycles. The van der Waals surface area contributed by atoms with Crippen LogP contribution in [0.2, 0.25) is 5.02 Å². The third kappa shape index (κ3) is 4.88. The van der Waals surface area contributed by atoms with Gasteiger partial charge in [-0.1, -0.05) is 41.4 Å². The Morgan fingerprint density at radius 2 is 1.90 bits per heavy atom. The number of halogens is 1. The lowest BCUT2D eigenvalue weighted by molar-refractivity contribution is -0.115. The van der Waals surface area contributed by atoms with Gasteiger partial charge in [0.05, 0.1) is 6.54 Å². The molecule has 3 nitrogen and oxygen atoms in total. The van der Waals surface area contributed by atoms with Crippen LogP contribution in [0.1, 0.15) is 24.1 Å². The van der Waals surface area contributed by atoms with E-state index in [1.54, 1.807) is 0 Å². The lowest BCUT2D eigenvalue weighted by Crippen LogP contribution is -2.30. The van der Waals surface area contributed by atoms with Crippen molar-refractivity contribution in [2.45, 2.75) is 19.9 Å². The van der Waals surface area contributed by atoms with Gasteiger partial charge in [-0.2, -0.15) is 0 Å². The Kier molecular flexibility index (Phi) is 5.37. The molecule has 110 valence electrons. The number of amides is 1. The van der Waals surface area contributed by atoms with Crippen molar-refractivity contribution in [2.24, 2.45) is 0 Å². The van der Waals surface area contributed by atoms with E-state index in [2.05, 4.69) is 10.6 Å². The average Bonchev–Trinajstić information content (AvgIpc) is 2.47. The minimum absolute atomic E-state index is 0.0623. The molecule has 1 atom stereocenters. The zero-order valence-electron chi connectivity index (χ0n) is 12.2. The summed E-state index contributed by atoms with van der Waals surface area (Å²) in [6, 6.07) is 15.4. The number of hydrogen-bond acceptors (Lipinski definition) is 2. The molecule has 0 fully saturated rings. The Labute approximate surface area is 130 Å². The Hall–Kier alpha value is -1.84. The molecule has 21 heavy (non-hydrogen) atoms. The second-order valence-corrected chi connectivity index (χ2v) is 5.51. The summed E-state index contributed by atoms with van der Waals surface area (Å²) < 4.78 is 0. The van der Waals surface area contributed by atoms with Crippen LogP contribution in [0.5, 0.6) is 0 Å². The van der Waals surface area contributed by atoms with Crippen LogP contribution in [0, 0.1) is 6.92 Å². The zero-order chi connectivity index (χ0) is 15.2. The highest BCUT2D eigenvalue weighted by Gasteiger charge is 2.08. The number of rotatable bonds is 5. The highest BCUT2D eigenvalue weighted by Crippen LogP contribution is 2.17. The van der Waals surface area contributed by atoms with E-state index < -0.39 is 0 Å². The summed E-state index contributed by atoms with van der Waals surface area (Å²) in [7, 11) is 0. The molecule has 0 radical (unpaired) electrons.